The Kier molecular flexibility index (Phi) is 5.85. The number of hydrogen-bond donors (Lipinski definition) is 3. The molecule has 0 atom stereocenters. The highest BCUT2D eigenvalue weighted by Crippen LogP contribution is 2.31. The van der Waals surface area contributed by atoms with Gasteiger partial charge in [0, 0.05) is 16.9 Å². The van der Waals surface area contributed by atoms with Gasteiger partial charge in [0.15, 0.2) is 10.9 Å². The molecule has 0 unspecified atom stereocenters. The minimum absolute atomic E-state index is 0.0213. The lowest BCUT2D eigenvalue weighted by atomic mass is 9.94. The van der Waals surface area contributed by atoms with Crippen LogP contribution in [0.25, 0.3) is 0 Å². The number of hydrogen-bond acceptors (Lipinski definition) is 5. The molecule has 27 heavy (non-hydrogen) atoms. The summed E-state index contributed by atoms with van der Waals surface area (Å²) in [6, 6.07) is 4.87. The molecule has 1 fully saturated rings. The average molecular weight is 387 g/mol. The SMILES string of the molecule is Cc1ccc(NC(=O)Nc2nc(CC(=O)O)cs2)c(C(=O)C2CCCC2)c1. The van der Waals surface area contributed by atoms with E-state index in [1.54, 1.807) is 11.4 Å². The molecule has 0 saturated heterocycles. The lowest BCUT2D eigenvalue weighted by molar-refractivity contribution is -0.136. The molecule has 3 rings (SSSR count). The van der Waals surface area contributed by atoms with E-state index in [1.165, 1.54) is 0 Å². The Balaban J connectivity index is 1.71. The molecule has 0 spiro atoms. The van der Waals surface area contributed by atoms with Gasteiger partial charge in [-0.2, -0.15) is 0 Å². The van der Waals surface area contributed by atoms with Gasteiger partial charge in [0.1, 0.15) is 0 Å². The highest BCUT2D eigenvalue weighted by molar-refractivity contribution is 7.14. The Labute approximate surface area is 160 Å². The molecule has 1 heterocycles. The standard InChI is InChI=1S/C19H21N3O4S/c1-11-6-7-15(14(8-11)17(25)12-4-2-3-5-12)21-18(26)22-19-20-13(10-27-19)9-16(23)24/h6-8,10,12H,2-5,9H2,1H3,(H,23,24)(H2,20,21,22,26). The van der Waals surface area contributed by atoms with Crippen LogP contribution in [0.5, 0.6) is 0 Å². The first kappa shape index (κ1) is 19.0. The lowest BCUT2D eigenvalue weighted by Crippen LogP contribution is -2.22. The number of rotatable bonds is 6. The van der Waals surface area contributed by atoms with Gasteiger partial charge in [-0.1, -0.05) is 24.5 Å². The number of carbonyl (C=O) groups is 3. The van der Waals surface area contributed by atoms with Crippen LogP contribution < -0.4 is 10.6 Å². The van der Waals surface area contributed by atoms with Gasteiger partial charge in [0.25, 0.3) is 0 Å². The number of carbonyl (C=O) groups excluding carboxylic acids is 2. The molecule has 0 aliphatic heterocycles. The van der Waals surface area contributed by atoms with Crippen LogP contribution in [0, 0.1) is 12.8 Å². The van der Waals surface area contributed by atoms with Gasteiger partial charge in [-0.3, -0.25) is 14.9 Å². The number of nitrogens with zero attached hydrogens (tertiary/aromatic N) is 1. The molecule has 0 bridgehead atoms. The van der Waals surface area contributed by atoms with Crippen LogP contribution in [0.4, 0.5) is 15.6 Å². The maximum absolute atomic E-state index is 12.8. The fraction of sp³-hybridized carbons (Fsp3) is 0.368. The fourth-order valence-corrected chi connectivity index (χ4v) is 3.94. The number of Topliss-reactive ketones (excluding diaryl/α,β-unsaturated/α-hetero) is 1. The van der Waals surface area contributed by atoms with Crippen LogP contribution in [0.15, 0.2) is 23.6 Å². The van der Waals surface area contributed by atoms with Crippen molar-refractivity contribution in [2.24, 2.45) is 5.92 Å². The number of thiazole rings is 1. The molecular formula is C19H21N3O4S. The first-order valence-corrected chi connectivity index (χ1v) is 9.69. The fourth-order valence-electron chi connectivity index (χ4n) is 3.23. The van der Waals surface area contributed by atoms with E-state index >= 15 is 0 Å². The molecule has 1 aromatic heterocycles. The van der Waals surface area contributed by atoms with Crippen LogP contribution in [-0.2, 0) is 11.2 Å². The van der Waals surface area contributed by atoms with Gasteiger partial charge < -0.3 is 10.4 Å². The summed E-state index contributed by atoms with van der Waals surface area (Å²) >= 11 is 1.15. The second kappa shape index (κ2) is 8.30. The van der Waals surface area contributed by atoms with Crippen molar-refractivity contribution in [1.82, 2.24) is 4.98 Å². The molecule has 1 aromatic carbocycles. The maximum Gasteiger partial charge on any atom is 0.325 e. The number of benzene rings is 1. The van der Waals surface area contributed by atoms with Crippen molar-refractivity contribution in [2.45, 2.75) is 39.0 Å². The Morgan fingerprint density at radius 1 is 1.22 bits per heavy atom. The summed E-state index contributed by atoms with van der Waals surface area (Å²) in [6.07, 6.45) is 3.72. The third-order valence-electron chi connectivity index (χ3n) is 4.52. The third kappa shape index (κ3) is 4.91. The smallest absolute Gasteiger partial charge is 0.325 e. The molecule has 2 amide bonds. The summed E-state index contributed by atoms with van der Waals surface area (Å²) in [5.41, 5.74) is 2.34. The quantitative estimate of drug-likeness (QED) is 0.647. The topological polar surface area (TPSA) is 108 Å². The molecule has 142 valence electrons. The summed E-state index contributed by atoms with van der Waals surface area (Å²) < 4.78 is 0. The molecule has 1 aliphatic rings. The first-order valence-electron chi connectivity index (χ1n) is 8.81. The number of amides is 2. The number of aliphatic carboxylic acids is 1. The highest BCUT2D eigenvalue weighted by Gasteiger charge is 2.26. The zero-order valence-corrected chi connectivity index (χ0v) is 15.8. The second-order valence-corrected chi connectivity index (χ2v) is 7.55. The summed E-state index contributed by atoms with van der Waals surface area (Å²) in [7, 11) is 0. The highest BCUT2D eigenvalue weighted by atomic mass is 32.1. The van der Waals surface area contributed by atoms with Gasteiger partial charge in [0.05, 0.1) is 17.8 Å². The monoisotopic (exact) mass is 387 g/mol. The van der Waals surface area contributed by atoms with E-state index in [4.69, 9.17) is 5.11 Å². The molecule has 3 N–H and O–H groups in total. The van der Waals surface area contributed by atoms with Gasteiger partial charge in [0.2, 0.25) is 0 Å². The van der Waals surface area contributed by atoms with Crippen molar-refractivity contribution in [3.63, 3.8) is 0 Å². The third-order valence-corrected chi connectivity index (χ3v) is 5.33. The number of anilines is 2. The average Bonchev–Trinajstić information content (AvgIpc) is 3.27. The summed E-state index contributed by atoms with van der Waals surface area (Å²) in [6.45, 7) is 1.91. The van der Waals surface area contributed by atoms with Crippen molar-refractivity contribution in [3.8, 4) is 0 Å². The van der Waals surface area contributed by atoms with E-state index in [9.17, 15) is 14.4 Å². The number of aromatic nitrogens is 1. The molecule has 7 nitrogen and oxygen atoms in total. The number of carboxylic acid groups (broad SMARTS) is 1. The number of carboxylic acids is 1. The number of urea groups is 1. The van der Waals surface area contributed by atoms with Crippen molar-refractivity contribution in [2.75, 3.05) is 10.6 Å². The van der Waals surface area contributed by atoms with Crippen LogP contribution in [0.1, 0.15) is 47.3 Å². The Hall–Kier alpha value is -2.74. The number of nitrogens with one attached hydrogen (secondary N) is 2. The number of aryl methyl sites for hydroxylation is 1. The lowest BCUT2D eigenvalue weighted by Gasteiger charge is -2.14. The second-order valence-electron chi connectivity index (χ2n) is 6.69. The minimum atomic E-state index is -0.981. The molecular weight excluding hydrogens is 366 g/mol. The minimum Gasteiger partial charge on any atom is -0.481 e. The predicted molar refractivity (Wildman–Crippen MR) is 104 cm³/mol. The molecule has 1 aliphatic carbocycles. The van der Waals surface area contributed by atoms with Gasteiger partial charge >= 0.3 is 12.0 Å². The van der Waals surface area contributed by atoms with E-state index in [0.29, 0.717) is 22.1 Å². The first-order chi connectivity index (χ1) is 12.9. The van der Waals surface area contributed by atoms with E-state index in [-0.39, 0.29) is 18.1 Å². The van der Waals surface area contributed by atoms with Crippen LogP contribution in [-0.4, -0.2) is 27.9 Å². The molecule has 1 saturated carbocycles. The van der Waals surface area contributed by atoms with Crippen LogP contribution in [0.2, 0.25) is 0 Å². The van der Waals surface area contributed by atoms with Crippen LogP contribution in [0.3, 0.4) is 0 Å². The normalized spacial score (nSPS) is 14.1. The van der Waals surface area contributed by atoms with Gasteiger partial charge in [-0.15, -0.1) is 11.3 Å². The van der Waals surface area contributed by atoms with Gasteiger partial charge in [-0.25, -0.2) is 9.78 Å². The van der Waals surface area contributed by atoms with E-state index in [2.05, 4.69) is 15.6 Å². The number of ketones is 1. The van der Waals surface area contributed by atoms with Crippen molar-refractivity contribution in [3.05, 3.63) is 40.4 Å². The summed E-state index contributed by atoms with van der Waals surface area (Å²) in [5, 5.41) is 16.0. The van der Waals surface area contributed by atoms with Crippen molar-refractivity contribution < 1.29 is 19.5 Å². The Bertz CT molecular complexity index is 872. The molecule has 2 aromatic rings. The zero-order valence-electron chi connectivity index (χ0n) is 14.9. The van der Waals surface area contributed by atoms with E-state index < -0.39 is 12.0 Å². The predicted octanol–water partition coefficient (Wildman–Crippen LogP) is 4.10. The Morgan fingerprint density at radius 3 is 2.67 bits per heavy atom. The van der Waals surface area contributed by atoms with E-state index in [0.717, 1.165) is 42.6 Å². The Morgan fingerprint density at radius 2 is 1.96 bits per heavy atom. The maximum atomic E-state index is 12.8. The molecule has 0 radical (unpaired) electrons. The van der Waals surface area contributed by atoms with Crippen molar-refractivity contribution >= 4 is 39.9 Å². The summed E-state index contributed by atoms with van der Waals surface area (Å²) in [5.74, 6) is -0.886. The van der Waals surface area contributed by atoms with E-state index in [1.807, 2.05) is 19.1 Å². The largest absolute Gasteiger partial charge is 0.481 e. The summed E-state index contributed by atoms with van der Waals surface area (Å²) in [4.78, 5) is 39.9. The zero-order chi connectivity index (χ0) is 19.4. The van der Waals surface area contributed by atoms with Crippen LogP contribution >= 0.6 is 11.3 Å². The molecule has 8 heteroatoms. The van der Waals surface area contributed by atoms with Gasteiger partial charge in [-0.05, 0) is 31.9 Å². The van der Waals surface area contributed by atoms with Crippen molar-refractivity contribution in [1.29, 1.82) is 0 Å².